The Morgan fingerprint density at radius 2 is 1.62 bits per heavy atom. The zero-order chi connectivity index (χ0) is 18.4. The Morgan fingerprint density at radius 3 is 2.27 bits per heavy atom. The van der Waals surface area contributed by atoms with E-state index in [2.05, 4.69) is 34.9 Å². The van der Waals surface area contributed by atoms with Crippen LogP contribution in [0.4, 0.5) is 16.2 Å². The van der Waals surface area contributed by atoms with Crippen molar-refractivity contribution in [1.29, 1.82) is 0 Å². The molecule has 0 aliphatic carbocycles. The SMILES string of the molecule is CC(=O)Nc1cccc(NC(=O)N2CCC(Cc3ccccc3)CC2)c1. The highest BCUT2D eigenvalue weighted by atomic mass is 16.2. The Labute approximate surface area is 154 Å². The highest BCUT2D eigenvalue weighted by Crippen LogP contribution is 2.23. The van der Waals surface area contributed by atoms with E-state index in [1.165, 1.54) is 12.5 Å². The molecule has 1 aliphatic heterocycles. The van der Waals surface area contributed by atoms with Gasteiger partial charge in [-0.3, -0.25) is 4.79 Å². The summed E-state index contributed by atoms with van der Waals surface area (Å²) in [6, 6.07) is 17.6. The van der Waals surface area contributed by atoms with Crippen LogP contribution in [-0.2, 0) is 11.2 Å². The standard InChI is InChI=1S/C21H25N3O2/c1-16(25)22-19-8-5-9-20(15-19)23-21(26)24-12-10-18(11-13-24)14-17-6-3-2-4-7-17/h2-9,15,18H,10-14H2,1H3,(H,22,25)(H,23,26). The second kappa shape index (κ2) is 8.52. The Hall–Kier alpha value is -2.82. The van der Waals surface area contributed by atoms with Crippen LogP contribution in [0.3, 0.4) is 0 Å². The minimum absolute atomic E-state index is 0.0804. The Kier molecular flexibility index (Phi) is 5.89. The molecule has 2 N–H and O–H groups in total. The fraction of sp³-hybridized carbons (Fsp3) is 0.333. The van der Waals surface area contributed by atoms with Gasteiger partial charge in [-0.05, 0) is 48.9 Å². The van der Waals surface area contributed by atoms with E-state index in [1.807, 2.05) is 23.1 Å². The molecule has 3 amide bonds. The predicted molar refractivity (Wildman–Crippen MR) is 104 cm³/mol. The lowest BCUT2D eigenvalue weighted by Crippen LogP contribution is -2.41. The van der Waals surface area contributed by atoms with Crippen LogP contribution in [0, 0.1) is 5.92 Å². The highest BCUT2D eigenvalue weighted by molar-refractivity contribution is 5.92. The zero-order valence-corrected chi connectivity index (χ0v) is 15.1. The third kappa shape index (κ3) is 5.09. The highest BCUT2D eigenvalue weighted by Gasteiger charge is 2.23. The van der Waals surface area contributed by atoms with Crippen LogP contribution >= 0.6 is 0 Å². The summed E-state index contributed by atoms with van der Waals surface area (Å²) in [5.74, 6) is 0.499. The van der Waals surface area contributed by atoms with Crippen LogP contribution in [0.5, 0.6) is 0 Å². The van der Waals surface area contributed by atoms with Crippen molar-refractivity contribution < 1.29 is 9.59 Å². The van der Waals surface area contributed by atoms with Crippen LogP contribution < -0.4 is 10.6 Å². The van der Waals surface area contributed by atoms with Crippen molar-refractivity contribution >= 4 is 23.3 Å². The number of rotatable bonds is 4. The summed E-state index contributed by atoms with van der Waals surface area (Å²) in [4.78, 5) is 25.5. The monoisotopic (exact) mass is 351 g/mol. The van der Waals surface area contributed by atoms with E-state index < -0.39 is 0 Å². The molecule has 2 aromatic carbocycles. The number of carbonyl (C=O) groups excluding carboxylic acids is 2. The van der Waals surface area contributed by atoms with Gasteiger partial charge in [0, 0.05) is 31.4 Å². The quantitative estimate of drug-likeness (QED) is 0.870. The second-order valence-corrected chi connectivity index (χ2v) is 6.81. The summed E-state index contributed by atoms with van der Waals surface area (Å²) in [5, 5.41) is 5.65. The molecule has 1 heterocycles. The molecule has 3 rings (SSSR count). The number of hydrogen-bond acceptors (Lipinski definition) is 2. The minimum atomic E-state index is -0.131. The average molecular weight is 351 g/mol. The van der Waals surface area contributed by atoms with E-state index in [0.717, 1.165) is 32.4 Å². The van der Waals surface area contributed by atoms with Gasteiger partial charge in [0.05, 0.1) is 0 Å². The first-order valence-corrected chi connectivity index (χ1v) is 9.07. The topological polar surface area (TPSA) is 61.4 Å². The maximum Gasteiger partial charge on any atom is 0.321 e. The third-order valence-corrected chi connectivity index (χ3v) is 4.70. The smallest absolute Gasteiger partial charge is 0.321 e. The number of nitrogens with zero attached hydrogens (tertiary/aromatic N) is 1. The molecule has 2 aromatic rings. The summed E-state index contributed by atoms with van der Waals surface area (Å²) in [6.45, 7) is 3.01. The van der Waals surface area contributed by atoms with Crippen LogP contribution in [0.15, 0.2) is 54.6 Å². The molecule has 0 atom stereocenters. The lowest BCUT2D eigenvalue weighted by molar-refractivity contribution is -0.114. The van der Waals surface area contributed by atoms with Crippen LogP contribution in [0.1, 0.15) is 25.3 Å². The van der Waals surface area contributed by atoms with Crippen molar-refractivity contribution in [1.82, 2.24) is 4.90 Å². The number of carbonyl (C=O) groups is 2. The number of amides is 3. The van der Waals surface area contributed by atoms with Gasteiger partial charge in [-0.15, -0.1) is 0 Å². The Morgan fingerprint density at radius 1 is 0.962 bits per heavy atom. The van der Waals surface area contributed by atoms with Gasteiger partial charge in [-0.25, -0.2) is 4.79 Å². The van der Waals surface area contributed by atoms with Gasteiger partial charge < -0.3 is 15.5 Å². The molecule has 1 aliphatic rings. The average Bonchev–Trinajstić information content (AvgIpc) is 2.63. The molecule has 0 aromatic heterocycles. The Balaban J connectivity index is 1.50. The molecule has 5 nitrogen and oxygen atoms in total. The molecule has 0 bridgehead atoms. The molecular formula is C21H25N3O2. The molecule has 0 radical (unpaired) electrons. The largest absolute Gasteiger partial charge is 0.326 e. The third-order valence-electron chi connectivity index (χ3n) is 4.70. The van der Waals surface area contributed by atoms with Gasteiger partial charge in [-0.1, -0.05) is 36.4 Å². The van der Waals surface area contributed by atoms with Gasteiger partial charge >= 0.3 is 6.03 Å². The number of hydrogen-bond donors (Lipinski definition) is 2. The van der Waals surface area contributed by atoms with Gasteiger partial charge in [0.2, 0.25) is 5.91 Å². The second-order valence-electron chi connectivity index (χ2n) is 6.81. The van der Waals surface area contributed by atoms with E-state index in [1.54, 1.807) is 12.1 Å². The molecule has 0 saturated carbocycles. The van der Waals surface area contributed by atoms with Gasteiger partial charge in [0.25, 0.3) is 0 Å². The maximum atomic E-state index is 12.5. The first-order chi connectivity index (χ1) is 12.6. The van der Waals surface area contributed by atoms with Crippen molar-refractivity contribution in [3.8, 4) is 0 Å². The lowest BCUT2D eigenvalue weighted by Gasteiger charge is -2.32. The van der Waals surface area contributed by atoms with Crippen molar-refractivity contribution in [2.24, 2.45) is 5.92 Å². The first-order valence-electron chi connectivity index (χ1n) is 9.07. The summed E-state index contributed by atoms with van der Waals surface area (Å²) in [6.07, 6.45) is 3.12. The van der Waals surface area contributed by atoms with Crippen LogP contribution in [-0.4, -0.2) is 29.9 Å². The summed E-state index contributed by atoms with van der Waals surface area (Å²) in [5.41, 5.74) is 2.73. The summed E-state index contributed by atoms with van der Waals surface area (Å²) >= 11 is 0. The normalized spacial score (nSPS) is 14.7. The number of anilines is 2. The van der Waals surface area contributed by atoms with Crippen molar-refractivity contribution in [3.63, 3.8) is 0 Å². The van der Waals surface area contributed by atoms with Crippen LogP contribution in [0.25, 0.3) is 0 Å². The molecule has 5 heteroatoms. The lowest BCUT2D eigenvalue weighted by atomic mass is 9.90. The van der Waals surface area contributed by atoms with Crippen molar-refractivity contribution in [2.75, 3.05) is 23.7 Å². The molecular weight excluding hydrogens is 326 g/mol. The number of nitrogens with one attached hydrogen (secondary N) is 2. The zero-order valence-electron chi connectivity index (χ0n) is 15.1. The molecule has 26 heavy (non-hydrogen) atoms. The van der Waals surface area contributed by atoms with E-state index in [-0.39, 0.29) is 11.9 Å². The van der Waals surface area contributed by atoms with Gasteiger partial charge in [-0.2, -0.15) is 0 Å². The van der Waals surface area contributed by atoms with Gasteiger partial charge in [0.1, 0.15) is 0 Å². The molecule has 1 fully saturated rings. The van der Waals surface area contributed by atoms with Gasteiger partial charge in [0.15, 0.2) is 0 Å². The summed E-state index contributed by atoms with van der Waals surface area (Å²) in [7, 11) is 0. The van der Waals surface area contributed by atoms with Crippen LogP contribution in [0.2, 0.25) is 0 Å². The van der Waals surface area contributed by atoms with Crippen molar-refractivity contribution in [3.05, 3.63) is 60.2 Å². The minimum Gasteiger partial charge on any atom is -0.326 e. The maximum absolute atomic E-state index is 12.5. The number of piperidine rings is 1. The number of benzene rings is 2. The molecule has 136 valence electrons. The fourth-order valence-electron chi connectivity index (χ4n) is 3.37. The summed E-state index contributed by atoms with van der Waals surface area (Å²) < 4.78 is 0. The molecule has 1 saturated heterocycles. The van der Waals surface area contributed by atoms with E-state index in [4.69, 9.17) is 0 Å². The number of likely N-dealkylation sites (tertiary alicyclic amines) is 1. The fourth-order valence-corrected chi connectivity index (χ4v) is 3.37. The predicted octanol–water partition coefficient (Wildman–Crippen LogP) is 4.13. The molecule has 0 spiro atoms. The first kappa shape index (κ1) is 18.0. The molecule has 0 unspecified atom stereocenters. The number of urea groups is 1. The van der Waals surface area contributed by atoms with Crippen molar-refractivity contribution in [2.45, 2.75) is 26.2 Å². The van der Waals surface area contributed by atoms with E-state index in [9.17, 15) is 9.59 Å². The van der Waals surface area contributed by atoms with E-state index >= 15 is 0 Å². The van der Waals surface area contributed by atoms with E-state index in [0.29, 0.717) is 17.3 Å². The Bertz CT molecular complexity index is 753.